The Balaban J connectivity index is 2.20. The zero-order valence-corrected chi connectivity index (χ0v) is 3.24. The minimum atomic E-state index is -0.449. The lowest BCUT2D eigenvalue weighted by Crippen LogP contribution is -1.63. The fourth-order valence-electron chi connectivity index (χ4n) is 0.277. The van der Waals surface area contributed by atoms with Gasteiger partial charge in [0, 0.05) is 0 Å². The van der Waals surface area contributed by atoms with Crippen LogP contribution in [0.25, 0.3) is 0 Å². The van der Waals surface area contributed by atoms with Crippen LogP contribution in [0.1, 0.15) is 13.3 Å². The van der Waals surface area contributed by atoms with E-state index in [-0.39, 0.29) is 0 Å². The van der Waals surface area contributed by atoms with Crippen LogP contribution in [-0.4, -0.2) is 6.17 Å². The lowest BCUT2D eigenvalue weighted by Gasteiger charge is -1.63. The summed E-state index contributed by atoms with van der Waals surface area (Å²) >= 11 is 0. The zero-order valence-electron chi connectivity index (χ0n) is 3.24. The summed E-state index contributed by atoms with van der Waals surface area (Å²) in [6, 6.07) is 0. The van der Waals surface area contributed by atoms with E-state index in [0.29, 0.717) is 5.92 Å². The highest BCUT2D eigenvalue weighted by atomic mass is 19.1. The molecule has 0 N–H and O–H groups in total. The molecule has 0 spiro atoms. The van der Waals surface area contributed by atoms with Crippen LogP contribution < -0.4 is 0 Å². The van der Waals surface area contributed by atoms with E-state index in [1.165, 1.54) is 0 Å². The highest BCUT2D eigenvalue weighted by Crippen LogP contribution is 2.32. The summed E-state index contributed by atoms with van der Waals surface area (Å²) in [5.41, 5.74) is 0. The van der Waals surface area contributed by atoms with Gasteiger partial charge in [0.25, 0.3) is 0 Å². The second kappa shape index (κ2) is 0.703. The highest BCUT2D eigenvalue weighted by molar-refractivity contribution is 4.81. The van der Waals surface area contributed by atoms with E-state index < -0.39 is 6.17 Å². The number of rotatable bonds is 0. The van der Waals surface area contributed by atoms with Crippen molar-refractivity contribution in [1.29, 1.82) is 0 Å². The fraction of sp³-hybridized carbons (Fsp3) is 1.00. The van der Waals surface area contributed by atoms with E-state index in [4.69, 9.17) is 0 Å². The smallest absolute Gasteiger partial charge is 0.103 e. The van der Waals surface area contributed by atoms with Gasteiger partial charge in [0.2, 0.25) is 0 Å². The first-order valence-corrected chi connectivity index (χ1v) is 1.95. The van der Waals surface area contributed by atoms with Crippen molar-refractivity contribution < 1.29 is 4.39 Å². The number of hydrogen-bond donors (Lipinski definition) is 0. The van der Waals surface area contributed by atoms with Gasteiger partial charge in [-0.25, -0.2) is 4.39 Å². The molecule has 0 nitrogen and oxygen atoms in total. The first-order valence-electron chi connectivity index (χ1n) is 1.95. The summed E-state index contributed by atoms with van der Waals surface area (Å²) in [6.45, 7) is 1.92. The first kappa shape index (κ1) is 3.13. The Bertz CT molecular complexity index is 36.9. The Morgan fingerprint density at radius 1 is 1.80 bits per heavy atom. The van der Waals surface area contributed by atoms with Gasteiger partial charge in [-0.1, -0.05) is 6.92 Å². The topological polar surface area (TPSA) is 0 Å². The third-order valence-electron chi connectivity index (χ3n) is 1.01. The van der Waals surface area contributed by atoms with Crippen LogP contribution in [0.4, 0.5) is 4.39 Å². The lowest BCUT2D eigenvalue weighted by atomic mass is 10.5. The van der Waals surface area contributed by atoms with Crippen LogP contribution in [0.3, 0.4) is 0 Å². The normalized spacial score (nSPS) is 49.2. The Kier molecular flexibility index (Phi) is 0.440. The molecule has 2 atom stereocenters. The van der Waals surface area contributed by atoms with Gasteiger partial charge in [0.15, 0.2) is 0 Å². The minimum absolute atomic E-state index is 0.384. The van der Waals surface area contributed by atoms with E-state index in [2.05, 4.69) is 0 Å². The summed E-state index contributed by atoms with van der Waals surface area (Å²) in [5, 5.41) is 0. The number of hydrogen-bond acceptors (Lipinski definition) is 0. The maximum absolute atomic E-state index is 11.5. The maximum Gasteiger partial charge on any atom is 0.103 e. The van der Waals surface area contributed by atoms with Crippen LogP contribution >= 0.6 is 0 Å². The molecule has 30 valence electrons. The minimum Gasteiger partial charge on any atom is -0.247 e. The van der Waals surface area contributed by atoms with Crippen LogP contribution in [-0.2, 0) is 0 Å². The molecule has 1 aliphatic rings. The predicted molar refractivity (Wildman–Crippen MR) is 18.7 cm³/mol. The number of alkyl halides is 1. The van der Waals surface area contributed by atoms with Crippen molar-refractivity contribution in [1.82, 2.24) is 0 Å². The molecule has 1 rings (SSSR count). The van der Waals surface area contributed by atoms with Gasteiger partial charge in [0.1, 0.15) is 6.17 Å². The van der Waals surface area contributed by atoms with E-state index in [1.54, 1.807) is 0 Å². The standard InChI is InChI=1S/C4H7F/c1-3-2-4(3)5/h3-4H,2H2,1H3/t3-,4+/m1/s1. The van der Waals surface area contributed by atoms with E-state index in [0.717, 1.165) is 6.42 Å². The molecule has 0 aromatic heterocycles. The van der Waals surface area contributed by atoms with Crippen LogP contribution in [0.2, 0.25) is 0 Å². The van der Waals surface area contributed by atoms with Gasteiger partial charge in [0.05, 0.1) is 0 Å². The summed E-state index contributed by atoms with van der Waals surface area (Å²) < 4.78 is 11.5. The third-order valence-corrected chi connectivity index (χ3v) is 1.01. The molecule has 0 heterocycles. The summed E-state index contributed by atoms with van der Waals surface area (Å²) in [4.78, 5) is 0. The van der Waals surface area contributed by atoms with Crippen molar-refractivity contribution in [3.05, 3.63) is 0 Å². The predicted octanol–water partition coefficient (Wildman–Crippen LogP) is 1.36. The summed E-state index contributed by atoms with van der Waals surface area (Å²) in [6.07, 6.45) is 0.356. The molecule has 5 heavy (non-hydrogen) atoms. The quantitative estimate of drug-likeness (QED) is 0.407. The van der Waals surface area contributed by atoms with Gasteiger partial charge < -0.3 is 0 Å². The maximum atomic E-state index is 11.5. The first-order chi connectivity index (χ1) is 2.30. The molecule has 1 saturated carbocycles. The van der Waals surface area contributed by atoms with Crippen molar-refractivity contribution in [3.8, 4) is 0 Å². The SMILES string of the molecule is C[C@@H]1C[C@@H]1F. The van der Waals surface area contributed by atoms with Gasteiger partial charge in [-0.05, 0) is 12.3 Å². The van der Waals surface area contributed by atoms with Crippen LogP contribution in [0.15, 0.2) is 0 Å². The molecule has 0 unspecified atom stereocenters. The second-order valence-electron chi connectivity index (χ2n) is 1.73. The van der Waals surface area contributed by atoms with Crippen LogP contribution in [0, 0.1) is 5.92 Å². The largest absolute Gasteiger partial charge is 0.247 e. The molecule has 0 saturated heterocycles. The summed E-state index contributed by atoms with van der Waals surface area (Å²) in [7, 11) is 0. The number of halogens is 1. The Morgan fingerprint density at radius 3 is 2.00 bits per heavy atom. The molecule has 0 bridgehead atoms. The van der Waals surface area contributed by atoms with Gasteiger partial charge in [-0.15, -0.1) is 0 Å². The van der Waals surface area contributed by atoms with Gasteiger partial charge in [-0.3, -0.25) is 0 Å². The zero-order chi connectivity index (χ0) is 3.86. The molecule has 0 radical (unpaired) electrons. The molecule has 1 aliphatic carbocycles. The van der Waals surface area contributed by atoms with E-state index >= 15 is 0 Å². The average molecular weight is 74.1 g/mol. The van der Waals surface area contributed by atoms with E-state index in [9.17, 15) is 4.39 Å². The average Bonchev–Trinajstić information content (AvgIpc) is 1.79. The lowest BCUT2D eigenvalue weighted by molar-refractivity contribution is 0.454. The molecule has 0 aromatic carbocycles. The molecule has 1 heteroatoms. The molecular formula is C4H7F. The molecule has 0 amide bonds. The Hall–Kier alpha value is -0.0700. The van der Waals surface area contributed by atoms with Crippen molar-refractivity contribution >= 4 is 0 Å². The van der Waals surface area contributed by atoms with Gasteiger partial charge in [-0.2, -0.15) is 0 Å². The van der Waals surface area contributed by atoms with Crippen molar-refractivity contribution in [2.45, 2.75) is 19.5 Å². The van der Waals surface area contributed by atoms with Gasteiger partial charge >= 0.3 is 0 Å². The second-order valence-corrected chi connectivity index (χ2v) is 1.73. The summed E-state index contributed by atoms with van der Waals surface area (Å²) in [5.74, 6) is 0.384. The van der Waals surface area contributed by atoms with E-state index in [1.807, 2.05) is 6.92 Å². The Morgan fingerprint density at radius 2 is 2.00 bits per heavy atom. The highest BCUT2D eigenvalue weighted by Gasteiger charge is 2.31. The van der Waals surface area contributed by atoms with Crippen LogP contribution in [0.5, 0.6) is 0 Å². The Labute approximate surface area is 31.0 Å². The van der Waals surface area contributed by atoms with Crippen molar-refractivity contribution in [3.63, 3.8) is 0 Å². The molecule has 1 fully saturated rings. The third kappa shape index (κ3) is 0.416. The molecular weight excluding hydrogens is 67.0 g/mol. The monoisotopic (exact) mass is 74.1 g/mol. The molecule has 0 aromatic rings. The van der Waals surface area contributed by atoms with Crippen molar-refractivity contribution in [2.75, 3.05) is 0 Å². The molecule has 0 aliphatic heterocycles. The fourth-order valence-corrected chi connectivity index (χ4v) is 0.277. The van der Waals surface area contributed by atoms with Crippen molar-refractivity contribution in [2.24, 2.45) is 5.92 Å².